The molecule has 0 bridgehead atoms. The quantitative estimate of drug-likeness (QED) is 0.540. The van der Waals surface area contributed by atoms with Gasteiger partial charge in [-0.15, -0.1) is 0 Å². The maximum atomic E-state index is 14.8. The first-order valence-corrected chi connectivity index (χ1v) is 11.9. The van der Waals surface area contributed by atoms with Crippen molar-refractivity contribution in [2.45, 2.75) is 64.5 Å². The molecule has 7 nitrogen and oxygen atoms in total. The van der Waals surface area contributed by atoms with Crippen molar-refractivity contribution < 1.29 is 18.0 Å². The predicted octanol–water partition coefficient (Wildman–Crippen LogP) is 4.87. The highest BCUT2D eigenvalue weighted by atomic mass is 19.3. The van der Waals surface area contributed by atoms with E-state index in [0.717, 1.165) is 6.07 Å². The van der Waals surface area contributed by atoms with Gasteiger partial charge in [0.1, 0.15) is 23.6 Å². The van der Waals surface area contributed by atoms with Crippen LogP contribution >= 0.6 is 0 Å². The zero-order chi connectivity index (χ0) is 26.4. The first-order valence-electron chi connectivity index (χ1n) is 11.9. The van der Waals surface area contributed by atoms with Gasteiger partial charge in [0.05, 0.1) is 17.0 Å². The summed E-state index contributed by atoms with van der Waals surface area (Å²) < 4.78 is 42.6. The van der Waals surface area contributed by atoms with Crippen molar-refractivity contribution in [2.24, 2.45) is 7.05 Å². The van der Waals surface area contributed by atoms with Crippen molar-refractivity contribution in [1.82, 2.24) is 19.4 Å². The molecule has 4 rings (SSSR count). The van der Waals surface area contributed by atoms with Crippen LogP contribution < -0.4 is 10.9 Å². The number of carbonyl (C=O) groups is 1. The molecule has 1 fully saturated rings. The Bertz CT molecular complexity index is 1380. The van der Waals surface area contributed by atoms with Crippen LogP contribution in [0.25, 0.3) is 11.0 Å². The molecular weight excluding hydrogens is 471 g/mol. The topological polar surface area (TPSA) is 80.1 Å². The van der Waals surface area contributed by atoms with E-state index in [1.807, 2.05) is 18.7 Å². The number of aromatic nitrogens is 3. The fraction of sp³-hybridized carbons (Fsp3) is 0.462. The van der Waals surface area contributed by atoms with E-state index in [0.29, 0.717) is 41.8 Å². The molecule has 36 heavy (non-hydrogen) atoms. The lowest BCUT2D eigenvalue weighted by Crippen LogP contribution is -2.50. The number of nitrogens with zero attached hydrogens (tertiary/aromatic N) is 4. The van der Waals surface area contributed by atoms with Crippen molar-refractivity contribution in [1.29, 1.82) is 0 Å². The Morgan fingerprint density at radius 2 is 1.94 bits per heavy atom. The van der Waals surface area contributed by atoms with Gasteiger partial charge >= 0.3 is 0 Å². The molecule has 192 valence electrons. The third-order valence-electron chi connectivity index (χ3n) is 7.35. The van der Waals surface area contributed by atoms with Crippen LogP contribution in [0.4, 0.5) is 19.0 Å². The van der Waals surface area contributed by atoms with E-state index in [4.69, 9.17) is 0 Å². The van der Waals surface area contributed by atoms with Gasteiger partial charge in [0.25, 0.3) is 12.0 Å². The molecule has 1 aromatic carbocycles. The van der Waals surface area contributed by atoms with E-state index in [9.17, 15) is 22.8 Å². The van der Waals surface area contributed by atoms with E-state index in [2.05, 4.69) is 15.3 Å². The van der Waals surface area contributed by atoms with Crippen molar-refractivity contribution in [3.05, 3.63) is 63.5 Å². The molecule has 0 spiro atoms. The van der Waals surface area contributed by atoms with Gasteiger partial charge in [-0.3, -0.25) is 14.2 Å². The molecule has 3 atom stereocenters. The summed E-state index contributed by atoms with van der Waals surface area (Å²) in [5.74, 6) is -0.588. The summed E-state index contributed by atoms with van der Waals surface area (Å²) in [5, 5.41) is 3.69. The average Bonchev–Trinajstić information content (AvgIpc) is 2.81. The van der Waals surface area contributed by atoms with Gasteiger partial charge in [0, 0.05) is 43.1 Å². The Morgan fingerprint density at radius 3 is 2.58 bits per heavy atom. The van der Waals surface area contributed by atoms with E-state index in [1.54, 1.807) is 27.0 Å². The number of anilines is 1. The molecule has 0 aliphatic carbocycles. The second-order valence-electron chi connectivity index (χ2n) is 9.88. The normalized spacial score (nSPS) is 21.1. The number of pyridine rings is 1. The summed E-state index contributed by atoms with van der Waals surface area (Å²) in [6.07, 6.45) is -0.383. The van der Waals surface area contributed by atoms with Gasteiger partial charge in [-0.2, -0.15) is 0 Å². The largest absolute Gasteiger partial charge is 0.363 e. The highest BCUT2D eigenvalue weighted by Gasteiger charge is 2.39. The van der Waals surface area contributed by atoms with Crippen LogP contribution in [0.15, 0.2) is 35.4 Å². The average molecular weight is 502 g/mol. The number of aryl methyl sites for hydroxylation is 1. The number of hydrogen-bond donors (Lipinski definition) is 1. The lowest BCUT2D eigenvalue weighted by Gasteiger charge is -2.43. The minimum absolute atomic E-state index is 0.00739. The number of nitrogens with one attached hydrogen (secondary N) is 1. The Balaban J connectivity index is 1.76. The van der Waals surface area contributed by atoms with Crippen LogP contribution in [0.1, 0.15) is 69.7 Å². The van der Waals surface area contributed by atoms with Gasteiger partial charge in [-0.25, -0.2) is 23.1 Å². The molecule has 1 amide bonds. The minimum Gasteiger partial charge on any atom is -0.363 e. The maximum Gasteiger partial charge on any atom is 0.266 e. The Morgan fingerprint density at radius 1 is 1.25 bits per heavy atom. The van der Waals surface area contributed by atoms with Crippen LogP contribution in [-0.2, 0) is 17.3 Å². The summed E-state index contributed by atoms with van der Waals surface area (Å²) in [6, 6.07) is 4.97. The molecule has 1 N–H and O–H groups in total. The lowest BCUT2D eigenvalue weighted by atomic mass is 9.72. The van der Waals surface area contributed by atoms with E-state index in [1.165, 1.54) is 23.0 Å². The number of carbonyl (C=O) groups excluding carboxylic acids is 1. The second-order valence-corrected chi connectivity index (χ2v) is 9.88. The van der Waals surface area contributed by atoms with Gasteiger partial charge < -0.3 is 10.2 Å². The number of amides is 1. The lowest BCUT2D eigenvalue weighted by molar-refractivity contribution is -0.132. The molecule has 0 radical (unpaired) electrons. The van der Waals surface area contributed by atoms with Crippen LogP contribution in [-0.4, -0.2) is 37.9 Å². The summed E-state index contributed by atoms with van der Waals surface area (Å²) in [5.41, 5.74) is -0.247. The first-order chi connectivity index (χ1) is 16.9. The van der Waals surface area contributed by atoms with Gasteiger partial charge in [-0.1, -0.05) is 25.1 Å². The molecule has 0 saturated carbocycles. The molecule has 3 aromatic rings. The fourth-order valence-electron chi connectivity index (χ4n) is 5.34. The third-order valence-corrected chi connectivity index (χ3v) is 7.35. The molecule has 2 aromatic heterocycles. The number of rotatable bonds is 5. The highest BCUT2D eigenvalue weighted by molar-refractivity contribution is 5.87. The number of halogens is 3. The number of likely N-dealkylation sites (tertiary alicyclic amines) is 1. The standard InChI is InChI=1S/C26H30F3N5O2/c1-14-12-26(4,9-10-34(14)16(3)35)20-11-19-23(30-13-31-24(19)33(5)25(20)36)32-15(2)17-7-6-8-18(21(17)27)22(28)29/h6-8,11,13-15,22H,9-10,12H2,1-5H3,(H,30,31,32)/t14-,15+,26?/m0/s1. The van der Waals surface area contributed by atoms with Crippen molar-refractivity contribution in [3.8, 4) is 0 Å². The number of benzene rings is 1. The van der Waals surface area contributed by atoms with Crippen LogP contribution in [0.5, 0.6) is 0 Å². The molecule has 3 heterocycles. The van der Waals surface area contributed by atoms with Gasteiger partial charge in [0.2, 0.25) is 5.91 Å². The first kappa shape index (κ1) is 25.7. The van der Waals surface area contributed by atoms with Crippen molar-refractivity contribution in [3.63, 3.8) is 0 Å². The monoisotopic (exact) mass is 501 g/mol. The summed E-state index contributed by atoms with van der Waals surface area (Å²) in [6.45, 7) is 7.75. The summed E-state index contributed by atoms with van der Waals surface area (Å²) in [4.78, 5) is 35.8. The molecular formula is C26H30F3N5O2. The Hall–Kier alpha value is -3.43. The predicted molar refractivity (Wildman–Crippen MR) is 132 cm³/mol. The smallest absolute Gasteiger partial charge is 0.266 e. The molecule has 1 saturated heterocycles. The van der Waals surface area contributed by atoms with E-state index >= 15 is 0 Å². The van der Waals surface area contributed by atoms with Crippen LogP contribution in [0.2, 0.25) is 0 Å². The van der Waals surface area contributed by atoms with E-state index in [-0.39, 0.29) is 23.1 Å². The zero-order valence-corrected chi connectivity index (χ0v) is 21.0. The number of hydrogen-bond acceptors (Lipinski definition) is 5. The molecule has 1 aliphatic heterocycles. The molecule has 1 unspecified atom stereocenters. The minimum atomic E-state index is -2.92. The Kier molecular flexibility index (Phi) is 6.81. The second kappa shape index (κ2) is 9.55. The molecule has 1 aliphatic rings. The third kappa shape index (κ3) is 4.44. The van der Waals surface area contributed by atoms with Gasteiger partial charge in [-0.05, 0) is 32.8 Å². The fourth-order valence-corrected chi connectivity index (χ4v) is 5.34. The molecule has 10 heteroatoms. The van der Waals surface area contributed by atoms with Crippen LogP contribution in [0, 0.1) is 5.82 Å². The van der Waals surface area contributed by atoms with Crippen LogP contribution in [0.3, 0.4) is 0 Å². The Labute approximate surface area is 207 Å². The SMILES string of the molecule is CC(=O)N1CCC(C)(c2cc3c(N[C@H](C)c4cccc(C(F)F)c4F)ncnc3n(C)c2=O)C[C@@H]1C. The van der Waals surface area contributed by atoms with E-state index < -0.39 is 29.3 Å². The summed E-state index contributed by atoms with van der Waals surface area (Å²) in [7, 11) is 1.64. The summed E-state index contributed by atoms with van der Waals surface area (Å²) >= 11 is 0. The maximum absolute atomic E-state index is 14.8. The zero-order valence-electron chi connectivity index (χ0n) is 21.0. The highest BCUT2D eigenvalue weighted by Crippen LogP contribution is 2.38. The number of alkyl halides is 2. The number of piperidine rings is 1. The van der Waals surface area contributed by atoms with Crippen molar-refractivity contribution in [2.75, 3.05) is 11.9 Å². The van der Waals surface area contributed by atoms with Crippen molar-refractivity contribution >= 4 is 22.8 Å². The van der Waals surface area contributed by atoms with Gasteiger partial charge in [0.15, 0.2) is 0 Å². The number of fused-ring (bicyclic) bond motifs is 1.